The largest absolute Gasteiger partial charge is 0.340 e. The van der Waals surface area contributed by atoms with E-state index in [9.17, 15) is 4.79 Å². The van der Waals surface area contributed by atoms with Crippen LogP contribution >= 0.6 is 0 Å². The molecule has 1 spiro atoms. The van der Waals surface area contributed by atoms with Crippen molar-refractivity contribution >= 4 is 5.91 Å². The topological polar surface area (TPSA) is 67.2 Å². The molecule has 2 fully saturated rings. The Balaban J connectivity index is 1.54. The molecule has 0 N–H and O–H groups in total. The maximum absolute atomic E-state index is 12.2. The van der Waals surface area contributed by atoms with Gasteiger partial charge in [-0.2, -0.15) is 0 Å². The highest BCUT2D eigenvalue weighted by atomic mass is 16.2. The van der Waals surface area contributed by atoms with E-state index in [1.165, 1.54) is 19.4 Å². The van der Waals surface area contributed by atoms with Gasteiger partial charge in [0.05, 0.1) is 0 Å². The minimum absolute atomic E-state index is 0.307. The van der Waals surface area contributed by atoms with E-state index in [1.54, 1.807) is 0 Å². The van der Waals surface area contributed by atoms with E-state index < -0.39 is 0 Å². The number of rotatable bonds is 5. The Labute approximate surface area is 144 Å². The molecule has 0 bridgehead atoms. The summed E-state index contributed by atoms with van der Waals surface area (Å²) in [7, 11) is 0. The van der Waals surface area contributed by atoms with Gasteiger partial charge < -0.3 is 9.80 Å². The number of piperidine rings is 2. The van der Waals surface area contributed by atoms with Crippen LogP contribution in [0.4, 0.5) is 0 Å². The number of hydrogen-bond acceptors (Lipinski definition) is 5. The lowest BCUT2D eigenvalue weighted by molar-refractivity contribution is -0.141. The van der Waals surface area contributed by atoms with Crippen LogP contribution in [0.3, 0.4) is 0 Å². The van der Waals surface area contributed by atoms with Crippen molar-refractivity contribution in [3.63, 3.8) is 0 Å². The molecule has 1 atom stereocenters. The van der Waals surface area contributed by atoms with Gasteiger partial charge in [0.1, 0.15) is 5.82 Å². The van der Waals surface area contributed by atoms with Crippen molar-refractivity contribution in [3.05, 3.63) is 5.82 Å². The molecule has 2 saturated heterocycles. The minimum Gasteiger partial charge on any atom is -0.340 e. The molecule has 1 aromatic rings. The highest BCUT2D eigenvalue weighted by Gasteiger charge is 2.42. The van der Waals surface area contributed by atoms with E-state index in [0.717, 1.165) is 51.3 Å². The fourth-order valence-corrected chi connectivity index (χ4v) is 4.25. The summed E-state index contributed by atoms with van der Waals surface area (Å²) in [5, 5.41) is 11.6. The molecule has 0 unspecified atom stereocenters. The molecule has 7 heteroatoms. The monoisotopic (exact) mass is 334 g/mol. The van der Waals surface area contributed by atoms with Crippen LogP contribution in [0.2, 0.25) is 0 Å². The smallest absolute Gasteiger partial charge is 0.222 e. The van der Waals surface area contributed by atoms with E-state index in [2.05, 4.69) is 39.2 Å². The molecule has 3 rings (SSSR count). The fourth-order valence-electron chi connectivity index (χ4n) is 4.25. The molecule has 0 aliphatic carbocycles. The predicted molar refractivity (Wildman–Crippen MR) is 91.4 cm³/mol. The molecule has 7 nitrogen and oxygen atoms in total. The van der Waals surface area contributed by atoms with Gasteiger partial charge in [-0.1, -0.05) is 0 Å². The Morgan fingerprint density at radius 2 is 2.04 bits per heavy atom. The Morgan fingerprint density at radius 1 is 1.21 bits per heavy atom. The van der Waals surface area contributed by atoms with Gasteiger partial charge in [-0.25, -0.2) is 4.68 Å². The fraction of sp³-hybridized carbons (Fsp3) is 0.882. The maximum Gasteiger partial charge on any atom is 0.222 e. The van der Waals surface area contributed by atoms with Gasteiger partial charge in [0.25, 0.3) is 0 Å². The number of carbonyl (C=O) groups excluding carboxylic acids is 1. The highest BCUT2D eigenvalue weighted by Crippen LogP contribution is 2.39. The Kier molecular flexibility index (Phi) is 5.18. The van der Waals surface area contributed by atoms with Crippen LogP contribution in [0.25, 0.3) is 0 Å². The van der Waals surface area contributed by atoms with Gasteiger partial charge >= 0.3 is 0 Å². The molecular weight excluding hydrogens is 304 g/mol. The molecule has 2 aliphatic heterocycles. The van der Waals surface area contributed by atoms with Crippen LogP contribution in [-0.4, -0.2) is 68.1 Å². The molecule has 24 heavy (non-hydrogen) atoms. The number of amides is 1. The molecular formula is C17H30N6O. The van der Waals surface area contributed by atoms with Gasteiger partial charge in [-0.05, 0) is 70.0 Å². The number of aryl methyl sites for hydroxylation is 2. The quantitative estimate of drug-likeness (QED) is 0.816. The molecule has 2 aliphatic rings. The first-order valence-electron chi connectivity index (χ1n) is 9.24. The number of nitrogens with zero attached hydrogens (tertiary/aromatic N) is 6. The normalized spacial score (nSPS) is 25.8. The van der Waals surface area contributed by atoms with Crippen LogP contribution in [-0.2, 0) is 11.3 Å². The molecule has 1 aromatic heterocycles. The summed E-state index contributed by atoms with van der Waals surface area (Å²) >= 11 is 0. The van der Waals surface area contributed by atoms with E-state index in [1.807, 2.05) is 11.6 Å². The van der Waals surface area contributed by atoms with Crippen LogP contribution in [0.5, 0.6) is 0 Å². The first-order chi connectivity index (χ1) is 11.5. The van der Waals surface area contributed by atoms with Crippen LogP contribution in [0, 0.1) is 12.3 Å². The summed E-state index contributed by atoms with van der Waals surface area (Å²) in [5.74, 6) is 1.21. The van der Waals surface area contributed by atoms with Crippen molar-refractivity contribution in [1.82, 2.24) is 30.0 Å². The zero-order chi connectivity index (χ0) is 17.2. The van der Waals surface area contributed by atoms with Gasteiger partial charge in [0.2, 0.25) is 5.91 Å². The van der Waals surface area contributed by atoms with Crippen LogP contribution in [0.15, 0.2) is 0 Å². The van der Waals surface area contributed by atoms with Crippen molar-refractivity contribution in [2.24, 2.45) is 5.41 Å². The highest BCUT2D eigenvalue weighted by molar-refractivity contribution is 5.77. The number of hydrogen-bond donors (Lipinski definition) is 0. The van der Waals surface area contributed by atoms with Crippen LogP contribution < -0.4 is 0 Å². The van der Waals surface area contributed by atoms with E-state index in [4.69, 9.17) is 0 Å². The molecule has 0 aromatic carbocycles. The van der Waals surface area contributed by atoms with Gasteiger partial charge in [0.15, 0.2) is 0 Å². The van der Waals surface area contributed by atoms with E-state index >= 15 is 0 Å². The first kappa shape index (κ1) is 17.3. The van der Waals surface area contributed by atoms with Crippen molar-refractivity contribution in [2.45, 2.75) is 65.5 Å². The Hall–Kier alpha value is -1.50. The zero-order valence-electron chi connectivity index (χ0n) is 15.2. The second-order valence-electron chi connectivity index (χ2n) is 7.80. The first-order valence-corrected chi connectivity index (χ1v) is 9.24. The zero-order valence-corrected chi connectivity index (χ0v) is 15.2. The second-order valence-corrected chi connectivity index (χ2v) is 7.80. The second kappa shape index (κ2) is 7.17. The van der Waals surface area contributed by atoms with Gasteiger partial charge in [-0.3, -0.25) is 4.79 Å². The third kappa shape index (κ3) is 3.77. The number of aromatic nitrogens is 4. The molecule has 3 heterocycles. The van der Waals surface area contributed by atoms with Gasteiger partial charge in [-0.15, -0.1) is 5.10 Å². The SMILES string of the molecule is Cc1nnnn1CCCN1CCC[C@@]2(CCC(=O)N(C(C)C)C2)C1. The molecule has 134 valence electrons. The summed E-state index contributed by atoms with van der Waals surface area (Å²) in [6.45, 7) is 11.4. The predicted octanol–water partition coefficient (Wildman–Crippen LogP) is 1.48. The maximum atomic E-state index is 12.2. The standard InChI is InChI=1S/C17H30N6O/c1-14(2)22-13-17(8-6-16(22)24)7-4-9-21(12-17)10-5-11-23-15(3)18-19-20-23/h14H,4-13H2,1-3H3/t17-/m1/s1. The third-order valence-corrected chi connectivity index (χ3v) is 5.61. The lowest BCUT2D eigenvalue weighted by Crippen LogP contribution is -2.55. The number of likely N-dealkylation sites (tertiary alicyclic amines) is 2. The van der Waals surface area contributed by atoms with Crippen molar-refractivity contribution < 1.29 is 4.79 Å². The van der Waals surface area contributed by atoms with Crippen LogP contribution in [0.1, 0.15) is 51.8 Å². The van der Waals surface area contributed by atoms with E-state index in [0.29, 0.717) is 17.4 Å². The van der Waals surface area contributed by atoms with Crippen molar-refractivity contribution in [3.8, 4) is 0 Å². The van der Waals surface area contributed by atoms with Crippen molar-refractivity contribution in [2.75, 3.05) is 26.2 Å². The molecule has 0 saturated carbocycles. The van der Waals surface area contributed by atoms with E-state index in [-0.39, 0.29) is 0 Å². The number of carbonyl (C=O) groups is 1. The molecule has 0 radical (unpaired) electrons. The summed E-state index contributed by atoms with van der Waals surface area (Å²) in [6, 6.07) is 0.313. The lowest BCUT2D eigenvalue weighted by atomic mass is 9.73. The minimum atomic E-state index is 0.307. The Bertz CT molecular complexity index is 571. The average molecular weight is 334 g/mol. The summed E-state index contributed by atoms with van der Waals surface area (Å²) < 4.78 is 1.87. The lowest BCUT2D eigenvalue weighted by Gasteiger charge is -2.49. The average Bonchev–Trinajstić information content (AvgIpc) is 2.95. The summed E-state index contributed by atoms with van der Waals surface area (Å²) in [4.78, 5) is 16.8. The van der Waals surface area contributed by atoms with Crippen molar-refractivity contribution in [1.29, 1.82) is 0 Å². The summed E-state index contributed by atoms with van der Waals surface area (Å²) in [5.41, 5.74) is 0.307. The Morgan fingerprint density at radius 3 is 2.75 bits per heavy atom. The summed E-state index contributed by atoms with van der Waals surface area (Å²) in [6.07, 6.45) is 5.33. The third-order valence-electron chi connectivity index (χ3n) is 5.61. The number of tetrazole rings is 1. The van der Waals surface area contributed by atoms with Gasteiger partial charge in [0, 0.05) is 37.5 Å². The molecule has 1 amide bonds.